The van der Waals surface area contributed by atoms with E-state index in [1.54, 1.807) is 13.8 Å². The SMILES string of the molecule is CCC(NC(=O)c1cc(C)no1)C(=O)O. The van der Waals surface area contributed by atoms with Crippen molar-refractivity contribution in [1.29, 1.82) is 0 Å². The molecule has 1 heterocycles. The molecule has 0 spiro atoms. The van der Waals surface area contributed by atoms with Crippen molar-refractivity contribution in [2.45, 2.75) is 26.3 Å². The van der Waals surface area contributed by atoms with E-state index in [-0.39, 0.29) is 5.76 Å². The Hall–Kier alpha value is -1.85. The lowest BCUT2D eigenvalue weighted by Crippen LogP contribution is -2.40. The lowest BCUT2D eigenvalue weighted by Gasteiger charge is -2.09. The molecule has 82 valence electrons. The minimum atomic E-state index is -1.07. The van der Waals surface area contributed by atoms with Crippen molar-refractivity contribution in [1.82, 2.24) is 10.5 Å². The largest absolute Gasteiger partial charge is 0.480 e. The van der Waals surface area contributed by atoms with Crippen molar-refractivity contribution in [3.05, 3.63) is 17.5 Å². The van der Waals surface area contributed by atoms with Crippen molar-refractivity contribution < 1.29 is 19.2 Å². The zero-order valence-corrected chi connectivity index (χ0v) is 8.48. The van der Waals surface area contributed by atoms with Crippen molar-refractivity contribution in [3.8, 4) is 0 Å². The van der Waals surface area contributed by atoms with E-state index in [0.29, 0.717) is 12.1 Å². The molecule has 0 aliphatic heterocycles. The van der Waals surface area contributed by atoms with E-state index < -0.39 is 17.9 Å². The van der Waals surface area contributed by atoms with Gasteiger partial charge < -0.3 is 14.9 Å². The van der Waals surface area contributed by atoms with Crippen LogP contribution in [0.25, 0.3) is 0 Å². The summed E-state index contributed by atoms with van der Waals surface area (Å²) in [6.07, 6.45) is 0.314. The fourth-order valence-electron chi connectivity index (χ4n) is 1.04. The van der Waals surface area contributed by atoms with Gasteiger partial charge in [-0.2, -0.15) is 0 Å². The Morgan fingerprint density at radius 2 is 2.33 bits per heavy atom. The van der Waals surface area contributed by atoms with E-state index in [4.69, 9.17) is 9.63 Å². The Morgan fingerprint density at radius 3 is 2.73 bits per heavy atom. The summed E-state index contributed by atoms with van der Waals surface area (Å²) >= 11 is 0. The zero-order chi connectivity index (χ0) is 11.4. The Balaban J connectivity index is 2.66. The molecular weight excluding hydrogens is 200 g/mol. The smallest absolute Gasteiger partial charge is 0.326 e. The predicted octanol–water partition coefficient (Wildman–Crippen LogP) is 0.576. The number of hydrogen-bond acceptors (Lipinski definition) is 4. The van der Waals surface area contributed by atoms with Gasteiger partial charge in [-0.3, -0.25) is 4.79 Å². The molecule has 15 heavy (non-hydrogen) atoms. The van der Waals surface area contributed by atoms with E-state index in [0.717, 1.165) is 0 Å². The molecule has 1 rings (SSSR count). The number of aryl methyl sites for hydroxylation is 1. The molecule has 0 radical (unpaired) electrons. The maximum atomic E-state index is 11.4. The van der Waals surface area contributed by atoms with Gasteiger partial charge in [-0.05, 0) is 13.3 Å². The fraction of sp³-hybridized carbons (Fsp3) is 0.444. The van der Waals surface area contributed by atoms with Crippen LogP contribution in [0.4, 0.5) is 0 Å². The van der Waals surface area contributed by atoms with Gasteiger partial charge in [0.05, 0.1) is 5.69 Å². The third-order valence-corrected chi connectivity index (χ3v) is 1.86. The van der Waals surface area contributed by atoms with Gasteiger partial charge in [0.25, 0.3) is 5.91 Å². The van der Waals surface area contributed by atoms with Crippen LogP contribution in [0.3, 0.4) is 0 Å². The molecule has 2 N–H and O–H groups in total. The summed E-state index contributed by atoms with van der Waals surface area (Å²) in [5.74, 6) is -1.61. The van der Waals surface area contributed by atoms with E-state index in [9.17, 15) is 9.59 Å². The maximum Gasteiger partial charge on any atom is 0.326 e. The molecule has 6 heteroatoms. The number of carbonyl (C=O) groups is 2. The molecule has 1 atom stereocenters. The molecular formula is C9H12N2O4. The maximum absolute atomic E-state index is 11.4. The normalized spacial score (nSPS) is 12.1. The number of nitrogens with one attached hydrogen (secondary N) is 1. The van der Waals surface area contributed by atoms with E-state index in [2.05, 4.69) is 10.5 Å². The van der Waals surface area contributed by atoms with E-state index in [1.807, 2.05) is 0 Å². The summed E-state index contributed by atoms with van der Waals surface area (Å²) < 4.78 is 4.70. The highest BCUT2D eigenvalue weighted by Crippen LogP contribution is 2.03. The molecule has 1 aromatic rings. The van der Waals surface area contributed by atoms with Crippen LogP contribution < -0.4 is 5.32 Å². The summed E-state index contributed by atoms with van der Waals surface area (Å²) in [5.41, 5.74) is 0.573. The first-order chi connectivity index (χ1) is 7.04. The number of aromatic nitrogens is 1. The number of nitrogens with zero attached hydrogens (tertiary/aromatic N) is 1. The van der Waals surface area contributed by atoms with Crippen LogP contribution in [0.15, 0.2) is 10.6 Å². The van der Waals surface area contributed by atoms with Crippen molar-refractivity contribution in [3.63, 3.8) is 0 Å². The Morgan fingerprint density at radius 1 is 1.67 bits per heavy atom. The monoisotopic (exact) mass is 212 g/mol. The lowest BCUT2D eigenvalue weighted by atomic mass is 10.2. The lowest BCUT2D eigenvalue weighted by molar-refractivity contribution is -0.139. The van der Waals surface area contributed by atoms with Gasteiger partial charge in [-0.25, -0.2) is 4.79 Å². The van der Waals surface area contributed by atoms with Gasteiger partial charge in [-0.1, -0.05) is 12.1 Å². The molecule has 0 aliphatic carbocycles. The quantitative estimate of drug-likeness (QED) is 0.761. The van der Waals surface area contributed by atoms with Crippen LogP contribution >= 0.6 is 0 Å². The molecule has 1 unspecified atom stereocenters. The van der Waals surface area contributed by atoms with Gasteiger partial charge in [0.2, 0.25) is 5.76 Å². The zero-order valence-electron chi connectivity index (χ0n) is 8.48. The van der Waals surface area contributed by atoms with E-state index in [1.165, 1.54) is 6.07 Å². The van der Waals surface area contributed by atoms with Crippen LogP contribution in [0, 0.1) is 6.92 Å². The molecule has 1 amide bonds. The third kappa shape index (κ3) is 2.80. The number of amides is 1. The third-order valence-electron chi connectivity index (χ3n) is 1.86. The molecule has 0 aromatic carbocycles. The number of rotatable bonds is 4. The fourth-order valence-corrected chi connectivity index (χ4v) is 1.04. The molecule has 0 saturated carbocycles. The molecule has 0 fully saturated rings. The second-order valence-electron chi connectivity index (χ2n) is 3.11. The highest BCUT2D eigenvalue weighted by atomic mass is 16.5. The minimum absolute atomic E-state index is 0.0206. The van der Waals surface area contributed by atoms with Gasteiger partial charge in [0.1, 0.15) is 6.04 Å². The Bertz CT molecular complexity index is 372. The standard InChI is InChI=1S/C9H12N2O4/c1-3-6(9(13)14)10-8(12)7-4-5(2)11-15-7/h4,6H,3H2,1-2H3,(H,10,12)(H,13,14). The summed E-state index contributed by atoms with van der Waals surface area (Å²) in [6.45, 7) is 3.35. The molecule has 1 aromatic heterocycles. The van der Waals surface area contributed by atoms with Gasteiger partial charge in [0.15, 0.2) is 0 Å². The first kappa shape index (κ1) is 11.2. The van der Waals surface area contributed by atoms with Gasteiger partial charge >= 0.3 is 5.97 Å². The Labute approximate surface area is 86.3 Å². The second-order valence-corrected chi connectivity index (χ2v) is 3.11. The predicted molar refractivity (Wildman–Crippen MR) is 50.4 cm³/mol. The minimum Gasteiger partial charge on any atom is -0.480 e. The topological polar surface area (TPSA) is 92.4 Å². The number of carboxylic acids is 1. The number of carbonyl (C=O) groups excluding carboxylic acids is 1. The van der Waals surface area contributed by atoms with E-state index >= 15 is 0 Å². The second kappa shape index (κ2) is 4.59. The summed E-state index contributed by atoms with van der Waals surface area (Å²) in [7, 11) is 0. The summed E-state index contributed by atoms with van der Waals surface area (Å²) in [6, 6.07) is 0.548. The van der Waals surface area contributed by atoms with Crippen LogP contribution in [-0.4, -0.2) is 28.2 Å². The van der Waals surface area contributed by atoms with Crippen molar-refractivity contribution in [2.75, 3.05) is 0 Å². The van der Waals surface area contributed by atoms with Crippen LogP contribution in [0.1, 0.15) is 29.6 Å². The molecule has 0 bridgehead atoms. The van der Waals surface area contributed by atoms with Crippen LogP contribution in [0.5, 0.6) is 0 Å². The Kier molecular flexibility index (Phi) is 3.43. The van der Waals surface area contributed by atoms with Gasteiger partial charge in [0, 0.05) is 6.07 Å². The average Bonchev–Trinajstić information content (AvgIpc) is 2.60. The first-order valence-electron chi connectivity index (χ1n) is 4.51. The summed E-state index contributed by atoms with van der Waals surface area (Å²) in [5, 5.41) is 14.6. The van der Waals surface area contributed by atoms with Crippen molar-refractivity contribution >= 4 is 11.9 Å². The highest BCUT2D eigenvalue weighted by Gasteiger charge is 2.20. The number of carboxylic acid groups (broad SMARTS) is 1. The molecule has 0 aliphatic rings. The van der Waals surface area contributed by atoms with Crippen LogP contribution in [0.2, 0.25) is 0 Å². The highest BCUT2D eigenvalue weighted by molar-refractivity contribution is 5.94. The molecule has 0 saturated heterocycles. The number of hydrogen-bond donors (Lipinski definition) is 2. The number of aliphatic carboxylic acids is 1. The van der Waals surface area contributed by atoms with Crippen molar-refractivity contribution in [2.24, 2.45) is 0 Å². The molecule has 6 nitrogen and oxygen atoms in total. The summed E-state index contributed by atoms with van der Waals surface area (Å²) in [4.78, 5) is 22.1. The van der Waals surface area contributed by atoms with Crippen LogP contribution in [-0.2, 0) is 4.79 Å². The average molecular weight is 212 g/mol. The first-order valence-corrected chi connectivity index (χ1v) is 4.51. The van der Waals surface area contributed by atoms with Gasteiger partial charge in [-0.15, -0.1) is 0 Å².